The molecule has 0 saturated heterocycles. The first-order chi connectivity index (χ1) is 7.54. The smallest absolute Gasteiger partial charge is 0.332 e. The molecule has 0 aromatic heterocycles. The Hall–Kier alpha value is -1.10. The zero-order chi connectivity index (χ0) is 13.9. The number of aliphatic carboxylic acids is 2. The largest absolute Gasteiger partial charge is 0.481 e. The van der Waals surface area contributed by atoms with E-state index in [1.807, 2.05) is 6.92 Å². The van der Waals surface area contributed by atoms with Crippen molar-refractivity contribution >= 4 is 11.9 Å². The standard InChI is InChI=1S/C12H22O5/c1-6-12(5,17-8(2)9(13)14)7-11(3,4)10(15)16/h8H,6-7H2,1-5H3,(H,13,14)(H,15,16). The normalized spacial score (nSPS) is 17.2. The molecular formula is C12H22O5. The van der Waals surface area contributed by atoms with E-state index in [-0.39, 0.29) is 6.42 Å². The molecule has 0 rings (SSSR count). The van der Waals surface area contributed by atoms with Crippen LogP contribution in [0.3, 0.4) is 0 Å². The number of rotatable bonds is 7. The van der Waals surface area contributed by atoms with Crippen molar-refractivity contribution < 1.29 is 24.5 Å². The first-order valence-electron chi connectivity index (χ1n) is 5.68. The Bertz CT molecular complexity index is 297. The molecule has 17 heavy (non-hydrogen) atoms. The first kappa shape index (κ1) is 15.9. The minimum Gasteiger partial charge on any atom is -0.481 e. The lowest BCUT2D eigenvalue weighted by atomic mass is 9.79. The van der Waals surface area contributed by atoms with Crippen LogP contribution < -0.4 is 0 Å². The predicted molar refractivity (Wildman–Crippen MR) is 62.9 cm³/mol. The van der Waals surface area contributed by atoms with Crippen LogP contribution in [0.25, 0.3) is 0 Å². The maximum Gasteiger partial charge on any atom is 0.332 e. The second-order valence-corrected chi connectivity index (χ2v) is 5.27. The highest BCUT2D eigenvalue weighted by atomic mass is 16.5. The number of ether oxygens (including phenoxy) is 1. The molecule has 0 aliphatic carbocycles. The van der Waals surface area contributed by atoms with Gasteiger partial charge in [0.25, 0.3) is 0 Å². The fourth-order valence-corrected chi connectivity index (χ4v) is 1.74. The summed E-state index contributed by atoms with van der Waals surface area (Å²) in [4.78, 5) is 21.8. The van der Waals surface area contributed by atoms with Crippen molar-refractivity contribution in [2.75, 3.05) is 0 Å². The highest BCUT2D eigenvalue weighted by Gasteiger charge is 2.38. The molecule has 0 fully saturated rings. The van der Waals surface area contributed by atoms with Gasteiger partial charge in [0.15, 0.2) is 6.10 Å². The van der Waals surface area contributed by atoms with Crippen LogP contribution in [0.1, 0.15) is 47.5 Å². The van der Waals surface area contributed by atoms with Gasteiger partial charge in [-0.1, -0.05) is 6.92 Å². The first-order valence-corrected chi connectivity index (χ1v) is 5.68. The van der Waals surface area contributed by atoms with E-state index >= 15 is 0 Å². The van der Waals surface area contributed by atoms with Crippen LogP contribution in [-0.2, 0) is 14.3 Å². The Morgan fingerprint density at radius 3 is 2.00 bits per heavy atom. The van der Waals surface area contributed by atoms with Gasteiger partial charge >= 0.3 is 11.9 Å². The number of hydrogen-bond donors (Lipinski definition) is 2. The molecule has 0 aliphatic heterocycles. The molecule has 2 atom stereocenters. The molecule has 0 bridgehead atoms. The maximum atomic E-state index is 11.1. The summed E-state index contributed by atoms with van der Waals surface area (Å²) in [5.74, 6) is -1.96. The summed E-state index contributed by atoms with van der Waals surface area (Å²) in [7, 11) is 0. The SMILES string of the molecule is CCC(C)(CC(C)(C)C(=O)O)OC(C)C(=O)O. The fraction of sp³-hybridized carbons (Fsp3) is 0.833. The van der Waals surface area contributed by atoms with Crippen LogP contribution >= 0.6 is 0 Å². The third kappa shape index (κ3) is 4.73. The highest BCUT2D eigenvalue weighted by Crippen LogP contribution is 2.33. The van der Waals surface area contributed by atoms with Crippen molar-refractivity contribution in [3.63, 3.8) is 0 Å². The Kier molecular flexibility index (Phi) is 5.13. The Balaban J connectivity index is 4.80. The van der Waals surface area contributed by atoms with E-state index in [4.69, 9.17) is 14.9 Å². The van der Waals surface area contributed by atoms with Crippen molar-refractivity contribution in [1.29, 1.82) is 0 Å². The third-order valence-corrected chi connectivity index (χ3v) is 2.95. The summed E-state index contributed by atoms with van der Waals surface area (Å²) in [6.45, 7) is 8.27. The number of carboxylic acids is 2. The number of carboxylic acid groups (broad SMARTS) is 2. The monoisotopic (exact) mass is 246 g/mol. The topological polar surface area (TPSA) is 83.8 Å². The van der Waals surface area contributed by atoms with E-state index in [0.717, 1.165) is 0 Å². The molecule has 0 radical (unpaired) electrons. The van der Waals surface area contributed by atoms with E-state index in [1.54, 1.807) is 20.8 Å². The van der Waals surface area contributed by atoms with Crippen LogP contribution in [-0.4, -0.2) is 33.9 Å². The highest BCUT2D eigenvalue weighted by molar-refractivity contribution is 5.74. The molecule has 0 heterocycles. The van der Waals surface area contributed by atoms with E-state index in [9.17, 15) is 9.59 Å². The lowest BCUT2D eigenvalue weighted by Gasteiger charge is -2.36. The minimum atomic E-state index is -1.04. The van der Waals surface area contributed by atoms with Crippen molar-refractivity contribution in [1.82, 2.24) is 0 Å². The van der Waals surface area contributed by atoms with Gasteiger partial charge in [0.2, 0.25) is 0 Å². The molecule has 2 unspecified atom stereocenters. The second kappa shape index (κ2) is 5.49. The number of carbonyl (C=O) groups is 2. The van der Waals surface area contributed by atoms with Gasteiger partial charge in [-0.25, -0.2) is 4.79 Å². The molecule has 0 amide bonds. The molecule has 0 aromatic rings. The lowest BCUT2D eigenvalue weighted by molar-refractivity contribution is -0.168. The maximum absolute atomic E-state index is 11.1. The molecular weight excluding hydrogens is 224 g/mol. The van der Waals surface area contributed by atoms with Gasteiger partial charge in [0.05, 0.1) is 11.0 Å². The lowest BCUT2D eigenvalue weighted by Crippen LogP contribution is -2.41. The molecule has 2 N–H and O–H groups in total. The average Bonchev–Trinajstić information content (AvgIpc) is 2.16. The molecule has 0 saturated carbocycles. The molecule has 0 aliphatic rings. The zero-order valence-electron chi connectivity index (χ0n) is 11.1. The fourth-order valence-electron chi connectivity index (χ4n) is 1.74. The summed E-state index contributed by atoms with van der Waals surface area (Å²) >= 11 is 0. The van der Waals surface area contributed by atoms with Crippen LogP contribution in [0.2, 0.25) is 0 Å². The minimum absolute atomic E-state index is 0.267. The van der Waals surface area contributed by atoms with Gasteiger partial charge in [-0.15, -0.1) is 0 Å². The third-order valence-electron chi connectivity index (χ3n) is 2.95. The van der Waals surface area contributed by atoms with Gasteiger partial charge in [-0.3, -0.25) is 4.79 Å². The van der Waals surface area contributed by atoms with Crippen LogP contribution in [0, 0.1) is 5.41 Å². The van der Waals surface area contributed by atoms with Gasteiger partial charge in [0, 0.05) is 0 Å². The van der Waals surface area contributed by atoms with Crippen LogP contribution in [0.5, 0.6) is 0 Å². The van der Waals surface area contributed by atoms with E-state index in [2.05, 4.69) is 0 Å². The second-order valence-electron chi connectivity index (χ2n) is 5.27. The van der Waals surface area contributed by atoms with E-state index in [0.29, 0.717) is 6.42 Å². The summed E-state index contributed by atoms with van der Waals surface area (Å²) in [5, 5.41) is 17.9. The molecule has 5 heteroatoms. The number of hydrogen-bond acceptors (Lipinski definition) is 3. The van der Waals surface area contributed by atoms with Crippen molar-refractivity contribution in [2.24, 2.45) is 5.41 Å². The van der Waals surface area contributed by atoms with Gasteiger partial charge in [-0.2, -0.15) is 0 Å². The summed E-state index contributed by atoms with van der Waals surface area (Å²) in [6.07, 6.45) is -0.116. The van der Waals surface area contributed by atoms with Crippen LogP contribution in [0.4, 0.5) is 0 Å². The molecule has 0 aromatic carbocycles. The van der Waals surface area contributed by atoms with Crippen molar-refractivity contribution in [3.05, 3.63) is 0 Å². The van der Waals surface area contributed by atoms with E-state index in [1.165, 1.54) is 6.92 Å². The van der Waals surface area contributed by atoms with Gasteiger partial charge in [-0.05, 0) is 40.5 Å². The Labute approximate surface area is 102 Å². The summed E-state index contributed by atoms with van der Waals surface area (Å²) in [5.41, 5.74) is -1.69. The predicted octanol–water partition coefficient (Wildman–Crippen LogP) is 2.15. The molecule has 5 nitrogen and oxygen atoms in total. The van der Waals surface area contributed by atoms with Crippen molar-refractivity contribution in [3.8, 4) is 0 Å². The molecule has 100 valence electrons. The van der Waals surface area contributed by atoms with Gasteiger partial charge < -0.3 is 14.9 Å². The molecule has 0 spiro atoms. The van der Waals surface area contributed by atoms with E-state index < -0.39 is 29.1 Å². The van der Waals surface area contributed by atoms with Gasteiger partial charge in [0.1, 0.15) is 0 Å². The quantitative estimate of drug-likeness (QED) is 0.719. The summed E-state index contributed by atoms with van der Waals surface area (Å²) in [6, 6.07) is 0. The summed E-state index contributed by atoms with van der Waals surface area (Å²) < 4.78 is 5.47. The zero-order valence-corrected chi connectivity index (χ0v) is 11.1. The Morgan fingerprint density at radius 2 is 1.71 bits per heavy atom. The Morgan fingerprint density at radius 1 is 1.24 bits per heavy atom. The average molecular weight is 246 g/mol. The van der Waals surface area contributed by atoms with Crippen molar-refractivity contribution in [2.45, 2.75) is 59.2 Å². The van der Waals surface area contributed by atoms with Crippen LogP contribution in [0.15, 0.2) is 0 Å².